The average molecular weight is 394 g/mol. The van der Waals surface area contributed by atoms with E-state index in [-0.39, 0.29) is 30.9 Å². The molecule has 29 heavy (non-hydrogen) atoms. The summed E-state index contributed by atoms with van der Waals surface area (Å²) in [4.78, 5) is 36.9. The van der Waals surface area contributed by atoms with Gasteiger partial charge in [-0.15, -0.1) is 0 Å². The summed E-state index contributed by atoms with van der Waals surface area (Å²) in [5.41, 5.74) is 3.18. The van der Waals surface area contributed by atoms with E-state index in [0.29, 0.717) is 11.3 Å². The highest BCUT2D eigenvalue weighted by atomic mass is 16.5. The van der Waals surface area contributed by atoms with Crippen LogP contribution in [-0.2, 0) is 14.3 Å². The van der Waals surface area contributed by atoms with Crippen molar-refractivity contribution in [2.45, 2.75) is 20.0 Å². The zero-order chi connectivity index (χ0) is 21.0. The summed E-state index contributed by atoms with van der Waals surface area (Å²) in [7, 11) is 0. The molecule has 0 saturated carbocycles. The minimum absolute atomic E-state index is 0.0288. The molecule has 2 aromatic rings. The topological polar surface area (TPSA) is 95.9 Å². The molecule has 1 heterocycles. The van der Waals surface area contributed by atoms with Crippen LogP contribution in [0.2, 0.25) is 0 Å². The molecule has 150 valence electrons. The van der Waals surface area contributed by atoms with Crippen molar-refractivity contribution in [1.29, 1.82) is 0 Å². The van der Waals surface area contributed by atoms with Gasteiger partial charge in [0, 0.05) is 11.8 Å². The first-order valence-corrected chi connectivity index (χ1v) is 9.26. The minimum Gasteiger partial charge on any atom is -0.459 e. The molecular formula is C22H22N2O5. The lowest BCUT2D eigenvalue weighted by atomic mass is 10.0. The van der Waals surface area contributed by atoms with Crippen molar-refractivity contribution in [3.8, 4) is 11.1 Å². The van der Waals surface area contributed by atoms with E-state index in [1.54, 1.807) is 38.1 Å². The Hall–Kier alpha value is -3.45. The first-order chi connectivity index (χ1) is 13.9. The summed E-state index contributed by atoms with van der Waals surface area (Å²) in [6.45, 7) is 3.30. The maximum atomic E-state index is 12.2. The van der Waals surface area contributed by atoms with Crippen molar-refractivity contribution in [2.75, 3.05) is 18.5 Å². The molecular weight excluding hydrogens is 372 g/mol. The second kappa shape index (κ2) is 8.70. The van der Waals surface area contributed by atoms with Gasteiger partial charge < -0.3 is 15.2 Å². The number of ether oxygens (including phenoxy) is 1. The predicted octanol–water partition coefficient (Wildman–Crippen LogP) is 2.58. The highest BCUT2D eigenvalue weighted by Gasteiger charge is 2.30. The lowest BCUT2D eigenvalue weighted by molar-refractivity contribution is -0.137. The number of β-amino-alcohol motifs (C(OH)–C–C–N with tert-alkyl or cyclic N) is 1. The van der Waals surface area contributed by atoms with E-state index in [0.717, 1.165) is 16.0 Å². The third-order valence-electron chi connectivity index (χ3n) is 4.29. The van der Waals surface area contributed by atoms with Crippen molar-refractivity contribution < 1.29 is 24.2 Å². The van der Waals surface area contributed by atoms with Crippen molar-refractivity contribution >= 4 is 23.5 Å². The molecule has 0 bridgehead atoms. The van der Waals surface area contributed by atoms with Crippen LogP contribution in [0.4, 0.5) is 5.69 Å². The van der Waals surface area contributed by atoms with E-state index < -0.39 is 11.8 Å². The van der Waals surface area contributed by atoms with Gasteiger partial charge in [-0.05, 0) is 49.2 Å². The number of nitrogens with one attached hydrogen (secondary N) is 1. The number of carbonyl (C=O) groups is 3. The Labute approximate surface area is 168 Å². The number of esters is 1. The Morgan fingerprint density at radius 1 is 1.03 bits per heavy atom. The molecule has 2 amide bonds. The summed E-state index contributed by atoms with van der Waals surface area (Å²) in [6, 6.07) is 14.5. The number of imide groups is 1. The quantitative estimate of drug-likeness (QED) is 0.554. The third kappa shape index (κ3) is 4.70. The molecule has 0 radical (unpaired) electrons. The molecule has 1 aliphatic rings. The second-order valence-electron chi connectivity index (χ2n) is 6.81. The zero-order valence-electron chi connectivity index (χ0n) is 16.2. The first kappa shape index (κ1) is 20.3. The van der Waals surface area contributed by atoms with E-state index in [9.17, 15) is 14.4 Å². The number of nitrogens with zero attached hydrogens (tertiary/aromatic N) is 1. The standard InChI is InChI=1S/C22H22N2O5/c1-14(2)29-22(28)17-5-3-15(4-6-17)16-7-9-18(10-8-16)23-19-13-20(26)24(11-12-25)21(19)27/h3-10,13-14,23,25H,11-12H2,1-2H3. The highest BCUT2D eigenvalue weighted by molar-refractivity contribution is 6.17. The maximum absolute atomic E-state index is 12.2. The normalized spacial score (nSPS) is 13.7. The molecule has 2 aromatic carbocycles. The van der Waals surface area contributed by atoms with E-state index in [1.807, 2.05) is 24.3 Å². The van der Waals surface area contributed by atoms with Gasteiger partial charge in [0.05, 0.1) is 24.8 Å². The van der Waals surface area contributed by atoms with Gasteiger partial charge in [-0.3, -0.25) is 14.5 Å². The molecule has 0 aromatic heterocycles. The summed E-state index contributed by atoms with van der Waals surface area (Å²) in [5, 5.41) is 11.9. The molecule has 7 heteroatoms. The van der Waals surface area contributed by atoms with Crippen LogP contribution in [0.1, 0.15) is 24.2 Å². The number of hydrogen-bond acceptors (Lipinski definition) is 6. The van der Waals surface area contributed by atoms with Crippen molar-refractivity contribution in [3.05, 3.63) is 65.9 Å². The fraction of sp³-hybridized carbons (Fsp3) is 0.227. The average Bonchev–Trinajstić information content (AvgIpc) is 2.96. The van der Waals surface area contributed by atoms with E-state index in [1.165, 1.54) is 6.08 Å². The van der Waals surface area contributed by atoms with Crippen LogP contribution in [0, 0.1) is 0 Å². The number of carbonyl (C=O) groups excluding carboxylic acids is 3. The van der Waals surface area contributed by atoms with Crippen LogP contribution in [-0.4, -0.2) is 47.0 Å². The minimum atomic E-state index is -0.461. The number of aliphatic hydroxyl groups excluding tert-OH is 1. The molecule has 0 saturated heterocycles. The van der Waals surface area contributed by atoms with Crippen molar-refractivity contribution in [1.82, 2.24) is 4.90 Å². The summed E-state index contributed by atoms with van der Waals surface area (Å²) < 4.78 is 5.18. The fourth-order valence-electron chi connectivity index (χ4n) is 2.89. The number of rotatable bonds is 7. The van der Waals surface area contributed by atoms with Gasteiger partial charge in [0.15, 0.2) is 0 Å². The van der Waals surface area contributed by atoms with Crippen LogP contribution < -0.4 is 5.32 Å². The molecule has 7 nitrogen and oxygen atoms in total. The van der Waals surface area contributed by atoms with Crippen LogP contribution in [0.5, 0.6) is 0 Å². The summed E-state index contributed by atoms with van der Waals surface area (Å²) in [5.74, 6) is -1.26. The Balaban J connectivity index is 1.68. The van der Waals surface area contributed by atoms with Gasteiger partial charge in [0.25, 0.3) is 11.8 Å². The highest BCUT2D eigenvalue weighted by Crippen LogP contribution is 2.24. The molecule has 3 rings (SSSR count). The summed E-state index contributed by atoms with van der Waals surface area (Å²) >= 11 is 0. The number of anilines is 1. The van der Waals surface area contributed by atoms with E-state index >= 15 is 0 Å². The van der Waals surface area contributed by atoms with Gasteiger partial charge in [0.1, 0.15) is 5.70 Å². The molecule has 0 unspecified atom stereocenters. The molecule has 1 aliphatic heterocycles. The fourth-order valence-corrected chi connectivity index (χ4v) is 2.89. The van der Waals surface area contributed by atoms with Gasteiger partial charge >= 0.3 is 5.97 Å². The Morgan fingerprint density at radius 3 is 2.17 bits per heavy atom. The first-order valence-electron chi connectivity index (χ1n) is 9.26. The Bertz CT molecular complexity index is 946. The second-order valence-corrected chi connectivity index (χ2v) is 6.81. The molecule has 0 atom stereocenters. The largest absolute Gasteiger partial charge is 0.459 e. The lowest BCUT2D eigenvalue weighted by Crippen LogP contribution is -2.34. The molecule has 0 spiro atoms. The van der Waals surface area contributed by atoms with Crippen molar-refractivity contribution in [3.63, 3.8) is 0 Å². The van der Waals surface area contributed by atoms with Gasteiger partial charge in [-0.2, -0.15) is 0 Å². The molecule has 2 N–H and O–H groups in total. The number of aliphatic hydroxyl groups is 1. The Morgan fingerprint density at radius 2 is 1.62 bits per heavy atom. The van der Waals surface area contributed by atoms with Gasteiger partial charge in [-0.1, -0.05) is 24.3 Å². The smallest absolute Gasteiger partial charge is 0.338 e. The van der Waals surface area contributed by atoms with E-state index in [4.69, 9.17) is 9.84 Å². The maximum Gasteiger partial charge on any atom is 0.338 e. The van der Waals surface area contributed by atoms with Crippen molar-refractivity contribution in [2.24, 2.45) is 0 Å². The van der Waals surface area contributed by atoms with Gasteiger partial charge in [0.2, 0.25) is 0 Å². The zero-order valence-corrected chi connectivity index (χ0v) is 16.2. The third-order valence-corrected chi connectivity index (χ3v) is 4.29. The lowest BCUT2D eigenvalue weighted by Gasteiger charge is -2.13. The monoisotopic (exact) mass is 394 g/mol. The Kier molecular flexibility index (Phi) is 6.09. The van der Waals surface area contributed by atoms with Crippen LogP contribution >= 0.6 is 0 Å². The molecule has 0 fully saturated rings. The van der Waals surface area contributed by atoms with Crippen LogP contribution in [0.25, 0.3) is 11.1 Å². The number of benzene rings is 2. The number of amides is 2. The molecule has 0 aliphatic carbocycles. The predicted molar refractivity (Wildman–Crippen MR) is 108 cm³/mol. The van der Waals surface area contributed by atoms with Crippen LogP contribution in [0.15, 0.2) is 60.3 Å². The SMILES string of the molecule is CC(C)OC(=O)c1ccc(-c2ccc(NC3=CC(=O)N(CCO)C3=O)cc2)cc1. The van der Waals surface area contributed by atoms with Gasteiger partial charge in [-0.25, -0.2) is 4.79 Å². The summed E-state index contributed by atoms with van der Waals surface area (Å²) in [6.07, 6.45) is 1.05. The van der Waals surface area contributed by atoms with E-state index in [2.05, 4.69) is 5.32 Å². The number of hydrogen-bond donors (Lipinski definition) is 2. The van der Waals surface area contributed by atoms with Crippen LogP contribution in [0.3, 0.4) is 0 Å².